The van der Waals surface area contributed by atoms with E-state index in [-0.39, 0.29) is 24.4 Å². The molecule has 0 aliphatic heterocycles. The van der Waals surface area contributed by atoms with Crippen LogP contribution in [0.15, 0.2) is 57.0 Å². The van der Waals surface area contributed by atoms with Crippen molar-refractivity contribution in [3.05, 3.63) is 91.3 Å². The van der Waals surface area contributed by atoms with Gasteiger partial charge in [-0.3, -0.25) is 14.3 Å². The first-order valence-electron chi connectivity index (χ1n) is 9.89. The first-order valence-corrected chi connectivity index (χ1v) is 9.89. The molecule has 0 aliphatic rings. The lowest BCUT2D eigenvalue weighted by Crippen LogP contribution is -2.50. The number of aryl methyl sites for hydroxylation is 2. The van der Waals surface area contributed by atoms with E-state index in [0.717, 1.165) is 26.8 Å². The van der Waals surface area contributed by atoms with Crippen LogP contribution in [-0.2, 0) is 24.1 Å². The fourth-order valence-corrected chi connectivity index (χ4v) is 3.09. The van der Waals surface area contributed by atoms with Gasteiger partial charge in [0.2, 0.25) is 5.62 Å². The van der Waals surface area contributed by atoms with E-state index in [1.54, 1.807) is 19.1 Å². The van der Waals surface area contributed by atoms with Gasteiger partial charge in [-0.25, -0.2) is 19.1 Å². The molecule has 8 nitrogen and oxygen atoms in total. The first-order chi connectivity index (χ1) is 15.5. The largest absolute Gasteiger partial charge is 0.481 e. The maximum absolute atomic E-state index is 13.2. The van der Waals surface area contributed by atoms with Crippen LogP contribution in [0.2, 0.25) is 0 Å². The lowest BCUT2D eigenvalue weighted by molar-refractivity contribution is -0.138. The number of nitrogens with one attached hydrogen (secondary N) is 1. The molecule has 3 aromatic rings. The fourth-order valence-electron chi connectivity index (χ4n) is 3.09. The average molecular weight is 462 g/mol. The Bertz CT molecular complexity index is 1370. The molecule has 2 aromatic carbocycles. The third-order valence-electron chi connectivity index (χ3n) is 4.95. The average Bonchev–Trinajstić information content (AvgIpc) is 2.72. The van der Waals surface area contributed by atoms with Crippen molar-refractivity contribution < 1.29 is 23.1 Å². The fraction of sp³-hybridized carbons (Fsp3) is 0.273. The molecule has 0 unspecified atom stereocenters. The number of nitrogens with zero attached hydrogens (tertiary/aromatic N) is 3. The highest BCUT2D eigenvalue weighted by Crippen LogP contribution is 2.32. The molecule has 0 amide bonds. The number of carboxylic acids is 1. The lowest BCUT2D eigenvalue weighted by atomic mass is 10.1. The molecule has 1 heterocycles. The third kappa shape index (κ3) is 5.68. The summed E-state index contributed by atoms with van der Waals surface area (Å²) in [5.74, 6) is -1.19. The van der Waals surface area contributed by atoms with Gasteiger partial charge in [0.05, 0.1) is 24.2 Å². The van der Waals surface area contributed by atoms with Crippen LogP contribution in [-0.4, -0.2) is 25.2 Å². The minimum absolute atomic E-state index is 0.0419. The summed E-state index contributed by atoms with van der Waals surface area (Å²) in [6, 6.07) is 10.2. The number of alkyl halides is 3. The van der Waals surface area contributed by atoms with Gasteiger partial charge < -0.3 is 5.11 Å². The summed E-state index contributed by atoms with van der Waals surface area (Å²) in [7, 11) is 0. The highest BCUT2D eigenvalue weighted by molar-refractivity contribution is 5.66. The van der Waals surface area contributed by atoms with Crippen molar-refractivity contribution in [2.45, 2.75) is 39.5 Å². The zero-order valence-corrected chi connectivity index (χ0v) is 17.8. The summed E-state index contributed by atoms with van der Waals surface area (Å²) < 4.78 is 41.3. The molecule has 174 valence electrons. The number of H-pyrrole nitrogens is 1. The minimum atomic E-state index is -4.59. The van der Waals surface area contributed by atoms with Gasteiger partial charge in [-0.1, -0.05) is 35.9 Å². The number of aromatic amines is 1. The van der Waals surface area contributed by atoms with Gasteiger partial charge >= 0.3 is 23.5 Å². The van der Waals surface area contributed by atoms with Gasteiger partial charge in [0.1, 0.15) is 0 Å². The molecule has 1 aromatic heterocycles. The number of carbonyl (C=O) groups is 1. The predicted molar refractivity (Wildman–Crippen MR) is 113 cm³/mol. The van der Waals surface area contributed by atoms with Crippen molar-refractivity contribution >= 4 is 11.7 Å². The quantitative estimate of drug-likeness (QED) is 0.587. The van der Waals surface area contributed by atoms with E-state index in [2.05, 4.69) is 9.98 Å². The minimum Gasteiger partial charge on any atom is -0.481 e. The lowest BCUT2D eigenvalue weighted by Gasteiger charge is -2.12. The molecule has 33 heavy (non-hydrogen) atoms. The number of rotatable bonds is 6. The molecule has 0 saturated carbocycles. The summed E-state index contributed by atoms with van der Waals surface area (Å²) in [5.41, 5.74) is -0.922. The van der Waals surface area contributed by atoms with Gasteiger partial charge in [0.15, 0.2) is 0 Å². The number of hydrogen-bond acceptors (Lipinski definition) is 4. The van der Waals surface area contributed by atoms with Crippen LogP contribution in [0, 0.1) is 13.8 Å². The zero-order valence-electron chi connectivity index (χ0n) is 17.8. The Morgan fingerprint density at radius 1 is 1.06 bits per heavy atom. The summed E-state index contributed by atoms with van der Waals surface area (Å²) in [5, 5.41) is 8.91. The molecule has 2 N–H and O–H groups in total. The number of hydrogen-bond donors (Lipinski definition) is 2. The van der Waals surface area contributed by atoms with E-state index in [4.69, 9.17) is 5.11 Å². The van der Waals surface area contributed by atoms with Crippen LogP contribution in [0.3, 0.4) is 0 Å². The third-order valence-corrected chi connectivity index (χ3v) is 4.95. The Kier molecular flexibility index (Phi) is 6.70. The van der Waals surface area contributed by atoms with Gasteiger partial charge in [-0.15, -0.1) is 0 Å². The second-order valence-corrected chi connectivity index (χ2v) is 7.51. The molecule has 11 heteroatoms. The van der Waals surface area contributed by atoms with Crippen molar-refractivity contribution in [3.8, 4) is 0 Å². The van der Waals surface area contributed by atoms with Crippen molar-refractivity contribution in [2.75, 3.05) is 0 Å². The van der Waals surface area contributed by atoms with Crippen LogP contribution in [0.1, 0.15) is 28.7 Å². The Hall–Kier alpha value is -3.89. The maximum Gasteiger partial charge on any atom is 0.416 e. The second-order valence-electron chi connectivity index (χ2n) is 7.51. The normalized spacial score (nSPS) is 12.2. The molecule has 0 atom stereocenters. The highest BCUT2D eigenvalue weighted by Gasteiger charge is 2.30. The van der Waals surface area contributed by atoms with Crippen LogP contribution >= 0.6 is 0 Å². The Morgan fingerprint density at radius 3 is 2.33 bits per heavy atom. The standard InChI is InChI=1S/C22H21F3N4O4/c1-13-3-6-15(7-4-13)12-29-19(27-20(32)28(21(29)33)10-9-18(30)31)26-17-11-16(22(23,24)25)8-5-14(17)2/h3-8,11H,9-10,12H2,1-2H3,(H,30,31)(H,26,27,32). The predicted octanol–water partition coefficient (Wildman–Crippen LogP) is 2.73. The van der Waals surface area contributed by atoms with E-state index in [1.165, 1.54) is 6.07 Å². The highest BCUT2D eigenvalue weighted by atomic mass is 19.4. The van der Waals surface area contributed by atoms with Gasteiger partial charge in [0.25, 0.3) is 0 Å². The summed E-state index contributed by atoms with van der Waals surface area (Å²) in [6.45, 7) is 3.02. The van der Waals surface area contributed by atoms with E-state index in [1.807, 2.05) is 19.1 Å². The van der Waals surface area contributed by atoms with E-state index < -0.39 is 35.5 Å². The molecule has 0 radical (unpaired) electrons. The monoisotopic (exact) mass is 462 g/mol. The summed E-state index contributed by atoms with van der Waals surface area (Å²) in [6.07, 6.45) is -5.06. The van der Waals surface area contributed by atoms with E-state index >= 15 is 0 Å². The molecule has 0 spiro atoms. The summed E-state index contributed by atoms with van der Waals surface area (Å²) >= 11 is 0. The second kappa shape index (κ2) is 9.31. The van der Waals surface area contributed by atoms with Crippen LogP contribution in [0.4, 0.5) is 18.9 Å². The van der Waals surface area contributed by atoms with Crippen molar-refractivity contribution in [3.63, 3.8) is 0 Å². The number of aliphatic carboxylic acids is 1. The Balaban J connectivity index is 2.24. The summed E-state index contributed by atoms with van der Waals surface area (Å²) in [4.78, 5) is 43.0. The molecule has 0 saturated heterocycles. The van der Waals surface area contributed by atoms with Gasteiger partial charge in [-0.2, -0.15) is 13.2 Å². The topological polar surface area (TPSA) is 109 Å². The molecular formula is C22H21F3N4O4. The molecular weight excluding hydrogens is 441 g/mol. The molecule has 0 fully saturated rings. The van der Waals surface area contributed by atoms with Gasteiger partial charge in [-0.05, 0) is 37.1 Å². The number of aromatic nitrogens is 3. The molecule has 0 aliphatic carbocycles. The number of benzene rings is 2. The maximum atomic E-state index is 13.2. The van der Waals surface area contributed by atoms with Crippen molar-refractivity contribution in [1.29, 1.82) is 0 Å². The number of halogens is 3. The smallest absolute Gasteiger partial charge is 0.416 e. The Morgan fingerprint density at radius 2 is 1.73 bits per heavy atom. The van der Waals surface area contributed by atoms with E-state index in [0.29, 0.717) is 11.1 Å². The van der Waals surface area contributed by atoms with Crippen LogP contribution in [0.25, 0.3) is 0 Å². The van der Waals surface area contributed by atoms with Crippen LogP contribution in [0.5, 0.6) is 0 Å². The first kappa shape index (κ1) is 23.8. The van der Waals surface area contributed by atoms with Crippen LogP contribution < -0.4 is 17.0 Å². The van der Waals surface area contributed by atoms with E-state index in [9.17, 15) is 27.6 Å². The molecule has 3 rings (SSSR count). The SMILES string of the molecule is Cc1ccc(Cn2c(=O)n(CCC(=O)O)c(=O)[nH]/c2=N\c2cc(C(F)(F)F)ccc2C)cc1. The number of carboxylic acid groups (broad SMARTS) is 1. The van der Waals surface area contributed by atoms with Crippen molar-refractivity contribution in [2.24, 2.45) is 4.99 Å². The van der Waals surface area contributed by atoms with Gasteiger partial charge in [0, 0.05) is 6.54 Å². The molecule has 0 bridgehead atoms. The Labute approximate surface area is 185 Å². The zero-order chi connectivity index (χ0) is 24.3. The van der Waals surface area contributed by atoms with Crippen molar-refractivity contribution in [1.82, 2.24) is 14.1 Å².